The smallest absolute Gasteiger partial charge is 0.0964 e. The van der Waals surface area contributed by atoms with E-state index >= 15 is 0 Å². The van der Waals surface area contributed by atoms with E-state index in [9.17, 15) is 4.57 Å². The van der Waals surface area contributed by atoms with E-state index in [1.807, 2.05) is 0 Å². The predicted molar refractivity (Wildman–Crippen MR) is 116 cm³/mol. The highest BCUT2D eigenvalue weighted by Crippen LogP contribution is 2.68. The standard InChI is InChI=1S/C24H45OP/c1-2-3-4-7-12-21-17-19-24(20-18-21)26(25,22-13-8-5-9-14-22)23-15-10-6-11-16-23/h21-24H,2-20H2,1H3. The third-order valence-corrected chi connectivity index (χ3v) is 13.1. The Morgan fingerprint density at radius 2 is 1.12 bits per heavy atom. The summed E-state index contributed by atoms with van der Waals surface area (Å²) in [6.45, 7) is 2.30. The van der Waals surface area contributed by atoms with Gasteiger partial charge in [0.05, 0.1) is 7.14 Å². The van der Waals surface area contributed by atoms with Gasteiger partial charge in [0.25, 0.3) is 0 Å². The Labute approximate surface area is 163 Å². The summed E-state index contributed by atoms with van der Waals surface area (Å²) in [5.41, 5.74) is 1.84. The highest BCUT2D eigenvalue weighted by Gasteiger charge is 2.47. The van der Waals surface area contributed by atoms with Crippen LogP contribution < -0.4 is 0 Å². The van der Waals surface area contributed by atoms with Crippen LogP contribution in [0, 0.1) is 5.92 Å². The van der Waals surface area contributed by atoms with Crippen molar-refractivity contribution < 1.29 is 4.57 Å². The summed E-state index contributed by atoms with van der Waals surface area (Å²) in [7, 11) is -2.01. The second-order valence-electron chi connectivity index (χ2n) is 9.87. The van der Waals surface area contributed by atoms with Gasteiger partial charge >= 0.3 is 0 Å². The fraction of sp³-hybridized carbons (Fsp3) is 1.00. The summed E-state index contributed by atoms with van der Waals surface area (Å²) >= 11 is 0. The first-order valence-corrected chi connectivity index (χ1v) is 14.3. The van der Waals surface area contributed by atoms with Crippen molar-refractivity contribution in [1.82, 2.24) is 0 Å². The molecule has 0 atom stereocenters. The SMILES string of the molecule is CCCCCCC1CCC(P(=O)(C2CCCCC2)C2CCCCC2)CC1. The molecule has 0 aromatic carbocycles. The lowest BCUT2D eigenvalue weighted by atomic mass is 9.85. The van der Waals surface area contributed by atoms with Crippen LogP contribution in [-0.2, 0) is 4.57 Å². The minimum absolute atomic E-state index is 0.612. The largest absolute Gasteiger partial charge is 0.323 e. The van der Waals surface area contributed by atoms with Crippen molar-refractivity contribution in [1.29, 1.82) is 0 Å². The highest BCUT2D eigenvalue weighted by atomic mass is 31.2. The summed E-state index contributed by atoms with van der Waals surface area (Å²) in [5.74, 6) is 0.953. The van der Waals surface area contributed by atoms with Gasteiger partial charge in [0.2, 0.25) is 0 Å². The fourth-order valence-electron chi connectivity index (χ4n) is 6.56. The van der Waals surface area contributed by atoms with E-state index in [0.717, 1.165) is 5.92 Å². The van der Waals surface area contributed by atoms with E-state index in [0.29, 0.717) is 17.0 Å². The molecule has 0 N–H and O–H groups in total. The normalized spacial score (nSPS) is 29.7. The van der Waals surface area contributed by atoms with Crippen LogP contribution in [-0.4, -0.2) is 17.0 Å². The maximum absolute atomic E-state index is 14.7. The molecule has 3 fully saturated rings. The Balaban J connectivity index is 1.59. The van der Waals surface area contributed by atoms with Gasteiger partial charge in [-0.1, -0.05) is 77.6 Å². The average molecular weight is 381 g/mol. The molecular formula is C24H45OP. The van der Waals surface area contributed by atoms with Gasteiger partial charge in [-0.3, -0.25) is 0 Å². The van der Waals surface area contributed by atoms with Crippen molar-refractivity contribution in [3.05, 3.63) is 0 Å². The van der Waals surface area contributed by atoms with Crippen molar-refractivity contribution in [2.45, 2.75) is 146 Å². The molecule has 0 spiro atoms. The molecular weight excluding hydrogens is 335 g/mol. The molecule has 1 nitrogen and oxygen atoms in total. The van der Waals surface area contributed by atoms with Gasteiger partial charge in [0.15, 0.2) is 0 Å². The molecule has 0 aromatic rings. The molecule has 3 rings (SSSR count). The van der Waals surface area contributed by atoms with Crippen LogP contribution in [0.1, 0.15) is 129 Å². The Kier molecular flexibility index (Phi) is 8.61. The molecule has 0 aromatic heterocycles. The van der Waals surface area contributed by atoms with Crippen molar-refractivity contribution in [2.75, 3.05) is 0 Å². The van der Waals surface area contributed by atoms with E-state index < -0.39 is 7.14 Å². The molecule has 152 valence electrons. The van der Waals surface area contributed by atoms with Crippen LogP contribution in [0.3, 0.4) is 0 Å². The highest BCUT2D eigenvalue weighted by molar-refractivity contribution is 7.66. The number of unbranched alkanes of at least 4 members (excludes halogenated alkanes) is 3. The second-order valence-corrected chi connectivity index (χ2v) is 13.6. The molecule has 3 aliphatic carbocycles. The van der Waals surface area contributed by atoms with Gasteiger partial charge in [-0.25, -0.2) is 0 Å². The Hall–Kier alpha value is 0.230. The van der Waals surface area contributed by atoms with Gasteiger partial charge < -0.3 is 4.57 Å². The second kappa shape index (κ2) is 10.7. The first-order valence-electron chi connectivity index (χ1n) is 12.3. The van der Waals surface area contributed by atoms with Crippen LogP contribution in [0.25, 0.3) is 0 Å². The molecule has 0 bridgehead atoms. The first-order chi connectivity index (χ1) is 12.7. The van der Waals surface area contributed by atoms with Crippen molar-refractivity contribution in [2.24, 2.45) is 5.92 Å². The maximum atomic E-state index is 14.7. The van der Waals surface area contributed by atoms with Gasteiger partial charge in [0, 0.05) is 17.0 Å². The van der Waals surface area contributed by atoms with E-state index in [1.54, 1.807) is 0 Å². The molecule has 26 heavy (non-hydrogen) atoms. The molecule has 0 saturated heterocycles. The molecule has 0 radical (unpaired) electrons. The zero-order valence-corrected chi connectivity index (χ0v) is 18.5. The van der Waals surface area contributed by atoms with Crippen LogP contribution in [0.2, 0.25) is 0 Å². The third-order valence-electron chi connectivity index (χ3n) is 8.14. The average Bonchev–Trinajstić information content (AvgIpc) is 2.72. The first kappa shape index (κ1) is 21.0. The van der Waals surface area contributed by atoms with E-state index in [1.165, 1.54) is 122 Å². The zero-order valence-electron chi connectivity index (χ0n) is 17.6. The quantitative estimate of drug-likeness (QED) is 0.304. The fourth-order valence-corrected chi connectivity index (χ4v) is 11.8. The lowest BCUT2D eigenvalue weighted by molar-refractivity contribution is 0.321. The Morgan fingerprint density at radius 1 is 0.615 bits per heavy atom. The van der Waals surface area contributed by atoms with Gasteiger partial charge in [-0.05, 0) is 57.3 Å². The summed E-state index contributed by atoms with van der Waals surface area (Å²) in [5, 5.41) is 0. The van der Waals surface area contributed by atoms with Crippen LogP contribution in [0.15, 0.2) is 0 Å². The molecule has 3 aliphatic rings. The van der Waals surface area contributed by atoms with Crippen molar-refractivity contribution >= 4 is 7.14 Å². The third kappa shape index (κ3) is 5.18. The number of rotatable bonds is 8. The zero-order chi connectivity index (χ0) is 18.2. The monoisotopic (exact) mass is 380 g/mol. The van der Waals surface area contributed by atoms with E-state index in [2.05, 4.69) is 6.92 Å². The topological polar surface area (TPSA) is 17.1 Å². The summed E-state index contributed by atoms with van der Waals surface area (Å²) in [6, 6.07) is 0. The minimum atomic E-state index is -2.01. The number of hydrogen-bond acceptors (Lipinski definition) is 1. The Morgan fingerprint density at radius 3 is 1.62 bits per heavy atom. The minimum Gasteiger partial charge on any atom is -0.323 e. The molecule has 0 aliphatic heterocycles. The molecule has 0 amide bonds. The van der Waals surface area contributed by atoms with Gasteiger partial charge in [0.1, 0.15) is 0 Å². The van der Waals surface area contributed by atoms with Crippen LogP contribution >= 0.6 is 7.14 Å². The lowest BCUT2D eigenvalue weighted by Crippen LogP contribution is -2.32. The van der Waals surface area contributed by atoms with Crippen LogP contribution in [0.5, 0.6) is 0 Å². The number of hydrogen-bond donors (Lipinski definition) is 0. The van der Waals surface area contributed by atoms with Gasteiger partial charge in [-0.2, -0.15) is 0 Å². The summed E-state index contributed by atoms with van der Waals surface area (Å²) < 4.78 is 14.7. The predicted octanol–water partition coefficient (Wildman–Crippen LogP) is 8.54. The summed E-state index contributed by atoms with van der Waals surface area (Å²) in [4.78, 5) is 0. The van der Waals surface area contributed by atoms with E-state index in [-0.39, 0.29) is 0 Å². The lowest BCUT2D eigenvalue weighted by Gasteiger charge is -2.45. The Bertz CT molecular complexity index is 403. The molecule has 0 unspecified atom stereocenters. The van der Waals surface area contributed by atoms with Crippen molar-refractivity contribution in [3.8, 4) is 0 Å². The van der Waals surface area contributed by atoms with Gasteiger partial charge in [-0.15, -0.1) is 0 Å². The molecule has 3 saturated carbocycles. The van der Waals surface area contributed by atoms with Crippen LogP contribution in [0.4, 0.5) is 0 Å². The molecule has 2 heteroatoms. The summed E-state index contributed by atoms with van der Waals surface area (Å²) in [6.07, 6.45) is 25.9. The maximum Gasteiger partial charge on any atom is 0.0964 e. The molecule has 0 heterocycles. The van der Waals surface area contributed by atoms with Crippen molar-refractivity contribution in [3.63, 3.8) is 0 Å². The van der Waals surface area contributed by atoms with E-state index in [4.69, 9.17) is 0 Å².